The molecule has 7 heteroatoms. The van der Waals surface area contributed by atoms with Crippen molar-refractivity contribution < 1.29 is 14.3 Å². The molecule has 0 saturated heterocycles. The first-order valence-electron chi connectivity index (χ1n) is 12.3. The van der Waals surface area contributed by atoms with Crippen LogP contribution in [0, 0.1) is 0 Å². The van der Waals surface area contributed by atoms with E-state index in [-0.39, 0.29) is 16.8 Å². The number of amides is 1. The Balaban J connectivity index is 1.36. The van der Waals surface area contributed by atoms with Gasteiger partial charge < -0.3 is 20.2 Å². The molecule has 0 saturated carbocycles. The van der Waals surface area contributed by atoms with Crippen LogP contribution in [0.1, 0.15) is 42.4 Å². The van der Waals surface area contributed by atoms with Crippen molar-refractivity contribution in [2.45, 2.75) is 25.7 Å². The van der Waals surface area contributed by atoms with Crippen LogP contribution in [0.2, 0.25) is 0 Å². The number of nitrogens with one attached hydrogen (secondary N) is 2. The van der Waals surface area contributed by atoms with Crippen molar-refractivity contribution in [2.24, 2.45) is 0 Å². The van der Waals surface area contributed by atoms with Crippen molar-refractivity contribution in [1.82, 2.24) is 10.3 Å². The number of anilines is 1. The Morgan fingerprint density at radius 1 is 0.868 bits per heavy atom. The summed E-state index contributed by atoms with van der Waals surface area (Å²) in [6.45, 7) is 4.24. The van der Waals surface area contributed by atoms with E-state index < -0.39 is 5.92 Å². The van der Waals surface area contributed by atoms with Crippen LogP contribution in [0.4, 0.5) is 5.69 Å². The highest BCUT2D eigenvalue weighted by atomic mass is 32.1. The van der Waals surface area contributed by atoms with Gasteiger partial charge in [-0.1, -0.05) is 80.6 Å². The molecule has 38 heavy (non-hydrogen) atoms. The lowest BCUT2D eigenvalue weighted by Gasteiger charge is -2.19. The molecule has 5 rings (SSSR count). The van der Waals surface area contributed by atoms with Gasteiger partial charge in [-0.3, -0.25) is 4.79 Å². The number of hydrogen-bond donors (Lipinski definition) is 3. The molecule has 0 radical (unpaired) electrons. The van der Waals surface area contributed by atoms with Gasteiger partial charge in [-0.05, 0) is 65.2 Å². The molecule has 0 spiro atoms. The van der Waals surface area contributed by atoms with Crippen LogP contribution in [0.25, 0.3) is 22.6 Å². The number of hydrogen-bond acceptors (Lipinski definition) is 5. The van der Waals surface area contributed by atoms with Gasteiger partial charge in [-0.25, -0.2) is 4.98 Å². The Bertz CT molecular complexity index is 1560. The molecule has 5 aromatic rings. The van der Waals surface area contributed by atoms with Crippen LogP contribution in [0.5, 0.6) is 5.75 Å². The van der Waals surface area contributed by atoms with Gasteiger partial charge in [0.15, 0.2) is 10.7 Å². The summed E-state index contributed by atoms with van der Waals surface area (Å²) in [6, 6.07) is 29.9. The third-order valence-corrected chi connectivity index (χ3v) is 6.53. The quantitative estimate of drug-likeness (QED) is 0.165. The van der Waals surface area contributed by atoms with Gasteiger partial charge in [-0.2, -0.15) is 0 Å². The lowest BCUT2D eigenvalue weighted by Crippen LogP contribution is -2.37. The fourth-order valence-corrected chi connectivity index (χ4v) is 4.55. The third kappa shape index (κ3) is 5.43. The zero-order chi connectivity index (χ0) is 26.6. The van der Waals surface area contributed by atoms with E-state index in [0.717, 1.165) is 22.2 Å². The van der Waals surface area contributed by atoms with Crippen LogP contribution in [0.3, 0.4) is 0 Å². The number of nitrogens with zero attached hydrogens (tertiary/aromatic N) is 1. The molecular weight excluding hydrogens is 494 g/mol. The molecule has 0 bridgehead atoms. The van der Waals surface area contributed by atoms with E-state index >= 15 is 0 Å². The molecule has 4 aromatic carbocycles. The Labute approximate surface area is 226 Å². The predicted octanol–water partition coefficient (Wildman–Crippen LogP) is 6.97. The SMILES string of the molecule is CC(C)c1ccc2oc(-c3cc(NC(=S)NC(=O)C(c4ccccc4)c4ccccc4)ccc3O)nc2c1. The summed E-state index contributed by atoms with van der Waals surface area (Å²) >= 11 is 5.47. The van der Waals surface area contributed by atoms with Gasteiger partial charge in [0, 0.05) is 5.69 Å². The van der Waals surface area contributed by atoms with Gasteiger partial charge in [0.25, 0.3) is 0 Å². The number of oxazole rings is 1. The topological polar surface area (TPSA) is 87.4 Å². The summed E-state index contributed by atoms with van der Waals surface area (Å²) in [5.74, 6) is -0.0958. The highest BCUT2D eigenvalue weighted by molar-refractivity contribution is 7.80. The molecule has 0 aliphatic carbocycles. The van der Waals surface area contributed by atoms with Crippen molar-refractivity contribution in [1.29, 1.82) is 0 Å². The number of phenols is 1. The summed E-state index contributed by atoms with van der Waals surface area (Å²) in [6.07, 6.45) is 0. The first-order valence-corrected chi connectivity index (χ1v) is 12.8. The summed E-state index contributed by atoms with van der Waals surface area (Å²) in [4.78, 5) is 17.9. The maximum Gasteiger partial charge on any atom is 0.238 e. The van der Waals surface area contributed by atoms with E-state index in [1.165, 1.54) is 6.07 Å². The van der Waals surface area contributed by atoms with E-state index in [9.17, 15) is 9.90 Å². The molecule has 0 fully saturated rings. The minimum atomic E-state index is -0.525. The number of phenolic OH excluding ortho intramolecular Hbond substituents is 1. The Morgan fingerprint density at radius 2 is 1.53 bits per heavy atom. The molecule has 1 amide bonds. The fraction of sp³-hybridized carbons (Fsp3) is 0.129. The first-order chi connectivity index (χ1) is 18.4. The number of aromatic hydroxyl groups is 1. The largest absolute Gasteiger partial charge is 0.507 e. The second-order valence-corrected chi connectivity index (χ2v) is 9.74. The Kier molecular flexibility index (Phi) is 7.20. The normalized spacial score (nSPS) is 11.2. The maximum absolute atomic E-state index is 13.4. The highest BCUT2D eigenvalue weighted by Crippen LogP contribution is 2.34. The zero-order valence-corrected chi connectivity index (χ0v) is 21.8. The molecule has 0 aliphatic rings. The van der Waals surface area contributed by atoms with Crippen molar-refractivity contribution in [3.8, 4) is 17.2 Å². The number of thiocarbonyl (C=S) groups is 1. The number of carbonyl (C=O) groups is 1. The summed E-state index contributed by atoms with van der Waals surface area (Å²) in [7, 11) is 0. The van der Waals surface area contributed by atoms with Crippen molar-refractivity contribution >= 4 is 40.0 Å². The van der Waals surface area contributed by atoms with Crippen LogP contribution >= 0.6 is 12.2 Å². The van der Waals surface area contributed by atoms with Gasteiger partial charge in [0.2, 0.25) is 11.8 Å². The number of benzene rings is 4. The van der Waals surface area contributed by atoms with Gasteiger partial charge in [0.05, 0.1) is 11.5 Å². The third-order valence-electron chi connectivity index (χ3n) is 6.33. The molecule has 0 atom stereocenters. The van der Waals surface area contributed by atoms with Gasteiger partial charge in [0.1, 0.15) is 11.3 Å². The Morgan fingerprint density at radius 3 is 2.16 bits per heavy atom. The van der Waals surface area contributed by atoms with Crippen LogP contribution in [-0.2, 0) is 4.79 Å². The van der Waals surface area contributed by atoms with Gasteiger partial charge >= 0.3 is 0 Å². The van der Waals surface area contributed by atoms with Crippen molar-refractivity contribution in [3.63, 3.8) is 0 Å². The smallest absolute Gasteiger partial charge is 0.238 e. The minimum Gasteiger partial charge on any atom is -0.507 e. The second kappa shape index (κ2) is 10.9. The number of fused-ring (bicyclic) bond motifs is 1. The molecule has 6 nitrogen and oxygen atoms in total. The number of aromatic nitrogens is 1. The van der Waals surface area contributed by atoms with E-state index in [1.807, 2.05) is 78.9 Å². The van der Waals surface area contributed by atoms with Crippen molar-refractivity contribution in [2.75, 3.05) is 5.32 Å². The second-order valence-electron chi connectivity index (χ2n) is 9.33. The lowest BCUT2D eigenvalue weighted by molar-refractivity contribution is -0.120. The average molecular weight is 522 g/mol. The Hall–Kier alpha value is -4.49. The van der Waals surface area contributed by atoms with Crippen molar-refractivity contribution in [3.05, 3.63) is 114 Å². The van der Waals surface area contributed by atoms with Crippen LogP contribution in [-0.4, -0.2) is 21.1 Å². The minimum absolute atomic E-state index is 0.0226. The molecule has 0 unspecified atom stereocenters. The summed E-state index contributed by atoms with van der Waals surface area (Å²) < 4.78 is 5.92. The van der Waals surface area contributed by atoms with E-state index in [1.54, 1.807) is 12.1 Å². The fourth-order valence-electron chi connectivity index (χ4n) is 4.34. The lowest BCUT2D eigenvalue weighted by atomic mass is 9.90. The van der Waals surface area contributed by atoms with Crippen LogP contribution in [0.15, 0.2) is 101 Å². The summed E-state index contributed by atoms with van der Waals surface area (Å²) in [5, 5.41) is 16.5. The maximum atomic E-state index is 13.4. The van der Waals surface area contributed by atoms with E-state index in [4.69, 9.17) is 16.6 Å². The number of rotatable bonds is 6. The van der Waals surface area contributed by atoms with Gasteiger partial charge in [-0.15, -0.1) is 0 Å². The van der Waals surface area contributed by atoms with Crippen LogP contribution < -0.4 is 10.6 Å². The summed E-state index contributed by atoms with van der Waals surface area (Å²) in [5.41, 5.74) is 5.23. The molecule has 190 valence electrons. The zero-order valence-electron chi connectivity index (χ0n) is 21.0. The number of carbonyl (C=O) groups excluding carboxylic acids is 1. The van der Waals surface area contributed by atoms with E-state index in [2.05, 4.69) is 29.5 Å². The first kappa shape index (κ1) is 25.2. The van der Waals surface area contributed by atoms with E-state index in [0.29, 0.717) is 28.6 Å². The average Bonchev–Trinajstić information content (AvgIpc) is 3.34. The molecule has 0 aliphatic heterocycles. The molecule has 3 N–H and O–H groups in total. The monoisotopic (exact) mass is 521 g/mol. The highest BCUT2D eigenvalue weighted by Gasteiger charge is 2.23. The standard InChI is InChI=1S/C31H27N3O3S/c1-19(2)22-13-16-27-25(17-22)33-30(37-27)24-18-23(14-15-26(24)35)32-31(38)34-29(36)28(20-9-5-3-6-10-20)21-11-7-4-8-12-21/h3-19,28,35H,1-2H3,(H2,32,34,36,38). The predicted molar refractivity (Wildman–Crippen MR) is 154 cm³/mol. The molecule has 1 aromatic heterocycles. The molecule has 1 heterocycles. The molecular formula is C31H27N3O3S.